The first-order chi connectivity index (χ1) is 21.8. The number of nitrogens with one attached hydrogen (secondary N) is 4. The van der Waals surface area contributed by atoms with Crippen LogP contribution in [0.3, 0.4) is 0 Å². The van der Waals surface area contributed by atoms with E-state index in [4.69, 9.17) is 15.2 Å². The Bertz CT molecular complexity index is 893. The van der Waals surface area contributed by atoms with E-state index in [9.17, 15) is 24.0 Å². The molecule has 0 aromatic carbocycles. The minimum atomic E-state index is -0.893. The standard InChI is InChI=1S/C33H64N6O7/c1-8-12-20-35-27(40)24-39(25-28(41)36-21-13-9-2)29(42)17-22-37-30(43)26(16-14-15-19-34)38-31(44)46-33(7,11-4)18-23-45-32(5,6)10-3/h26H,8-25,34H2,1-7H3,(H,35,40)(H,36,41)(H,37,43)(H,38,44). The van der Waals surface area contributed by atoms with Gasteiger partial charge in [0.25, 0.3) is 0 Å². The highest BCUT2D eigenvalue weighted by Crippen LogP contribution is 2.23. The van der Waals surface area contributed by atoms with Gasteiger partial charge in [0.15, 0.2) is 0 Å². The van der Waals surface area contributed by atoms with Gasteiger partial charge in [-0.05, 0) is 72.3 Å². The van der Waals surface area contributed by atoms with Gasteiger partial charge in [0.2, 0.25) is 23.6 Å². The number of ether oxygens (including phenoxy) is 2. The van der Waals surface area contributed by atoms with Crippen molar-refractivity contribution in [2.45, 2.75) is 136 Å². The molecule has 0 rings (SSSR count). The first-order valence-corrected chi connectivity index (χ1v) is 17.2. The predicted molar refractivity (Wildman–Crippen MR) is 180 cm³/mol. The summed E-state index contributed by atoms with van der Waals surface area (Å²) in [7, 11) is 0. The predicted octanol–water partition coefficient (Wildman–Crippen LogP) is 3.14. The van der Waals surface area contributed by atoms with Gasteiger partial charge < -0.3 is 41.4 Å². The van der Waals surface area contributed by atoms with Crippen molar-refractivity contribution in [3.8, 4) is 0 Å². The molecule has 5 amide bonds. The van der Waals surface area contributed by atoms with Gasteiger partial charge in [0.1, 0.15) is 24.7 Å². The van der Waals surface area contributed by atoms with Crippen LogP contribution in [-0.2, 0) is 28.7 Å². The van der Waals surface area contributed by atoms with E-state index in [0.717, 1.165) is 32.1 Å². The number of unbranched alkanes of at least 4 members (excludes halogenated alkanes) is 3. The quantitative estimate of drug-likeness (QED) is 0.0881. The number of hydrogen-bond acceptors (Lipinski definition) is 8. The lowest BCUT2D eigenvalue weighted by Crippen LogP contribution is -2.50. The normalized spacial score (nSPS) is 13.2. The highest BCUT2D eigenvalue weighted by molar-refractivity contribution is 5.90. The number of nitrogens with two attached hydrogens (primary N) is 1. The van der Waals surface area contributed by atoms with Crippen LogP contribution in [0.25, 0.3) is 0 Å². The van der Waals surface area contributed by atoms with Crippen LogP contribution in [0.4, 0.5) is 4.79 Å². The molecule has 46 heavy (non-hydrogen) atoms. The zero-order valence-corrected chi connectivity index (χ0v) is 29.7. The third kappa shape index (κ3) is 20.2. The molecule has 0 aliphatic heterocycles. The third-order valence-electron chi connectivity index (χ3n) is 7.98. The Kier molecular flexibility index (Phi) is 22.7. The summed E-state index contributed by atoms with van der Waals surface area (Å²) in [6, 6.07) is -0.893. The molecule has 6 N–H and O–H groups in total. The lowest BCUT2D eigenvalue weighted by Gasteiger charge is -2.31. The largest absolute Gasteiger partial charge is 0.443 e. The first kappa shape index (κ1) is 43.1. The van der Waals surface area contributed by atoms with Crippen LogP contribution in [0.2, 0.25) is 0 Å². The Labute approximate surface area is 277 Å². The fraction of sp³-hybridized carbons (Fsp3) is 0.848. The summed E-state index contributed by atoms with van der Waals surface area (Å²) in [4.78, 5) is 65.2. The van der Waals surface area contributed by atoms with Crippen molar-refractivity contribution >= 4 is 29.7 Å². The maximum Gasteiger partial charge on any atom is 0.408 e. The third-order valence-corrected chi connectivity index (χ3v) is 7.98. The average Bonchev–Trinajstić information content (AvgIpc) is 3.00. The highest BCUT2D eigenvalue weighted by atomic mass is 16.6. The molecule has 0 aliphatic rings. The Morgan fingerprint density at radius 1 is 0.783 bits per heavy atom. The van der Waals surface area contributed by atoms with Crippen LogP contribution < -0.4 is 27.0 Å². The molecule has 0 aromatic heterocycles. The monoisotopic (exact) mass is 656 g/mol. The average molecular weight is 657 g/mol. The minimum Gasteiger partial charge on any atom is -0.443 e. The molecule has 0 saturated carbocycles. The minimum absolute atomic E-state index is 0.0373. The number of carbonyl (C=O) groups excluding carboxylic acids is 5. The summed E-state index contributed by atoms with van der Waals surface area (Å²) < 4.78 is 11.7. The van der Waals surface area contributed by atoms with Crippen molar-refractivity contribution in [3.05, 3.63) is 0 Å². The Balaban J connectivity index is 5.28. The molecular formula is C33H64N6O7. The summed E-state index contributed by atoms with van der Waals surface area (Å²) in [5, 5.41) is 10.9. The van der Waals surface area contributed by atoms with Crippen molar-refractivity contribution in [2.75, 3.05) is 45.9 Å². The zero-order chi connectivity index (χ0) is 35.0. The summed E-state index contributed by atoms with van der Waals surface area (Å²) in [5.41, 5.74) is 4.58. The molecule has 0 aromatic rings. The maximum absolute atomic E-state index is 13.1. The van der Waals surface area contributed by atoms with Crippen LogP contribution in [0.15, 0.2) is 0 Å². The van der Waals surface area contributed by atoms with Crippen molar-refractivity contribution in [1.82, 2.24) is 26.2 Å². The van der Waals surface area contributed by atoms with Gasteiger partial charge in [-0.3, -0.25) is 19.2 Å². The molecule has 13 nitrogen and oxygen atoms in total. The van der Waals surface area contributed by atoms with Gasteiger partial charge in [-0.2, -0.15) is 0 Å². The maximum atomic E-state index is 13.1. The number of alkyl carbamates (subject to hydrolysis) is 1. The molecule has 0 heterocycles. The van der Waals surface area contributed by atoms with Crippen molar-refractivity contribution in [3.63, 3.8) is 0 Å². The van der Waals surface area contributed by atoms with Gasteiger partial charge in [0, 0.05) is 32.5 Å². The number of nitrogens with zero attached hydrogens (tertiary/aromatic N) is 1. The molecule has 0 saturated heterocycles. The highest BCUT2D eigenvalue weighted by Gasteiger charge is 2.30. The van der Waals surface area contributed by atoms with Gasteiger partial charge in [-0.15, -0.1) is 0 Å². The van der Waals surface area contributed by atoms with Crippen molar-refractivity contribution in [1.29, 1.82) is 0 Å². The summed E-state index contributed by atoms with van der Waals surface area (Å²) in [5.74, 6) is -1.62. The van der Waals surface area contributed by atoms with E-state index in [1.165, 1.54) is 4.90 Å². The van der Waals surface area contributed by atoms with E-state index >= 15 is 0 Å². The molecule has 0 fully saturated rings. The number of rotatable bonds is 26. The summed E-state index contributed by atoms with van der Waals surface area (Å²) >= 11 is 0. The van der Waals surface area contributed by atoms with Gasteiger partial charge >= 0.3 is 6.09 Å². The lowest BCUT2D eigenvalue weighted by molar-refractivity contribution is -0.139. The number of carbonyl (C=O) groups is 5. The van der Waals surface area contributed by atoms with Crippen LogP contribution >= 0.6 is 0 Å². The van der Waals surface area contributed by atoms with Crippen molar-refractivity contribution in [2.24, 2.45) is 5.73 Å². The van der Waals surface area contributed by atoms with Gasteiger partial charge in [-0.1, -0.05) is 40.5 Å². The van der Waals surface area contributed by atoms with Crippen LogP contribution in [0.1, 0.15) is 119 Å². The van der Waals surface area contributed by atoms with Crippen LogP contribution in [0.5, 0.6) is 0 Å². The molecule has 0 aliphatic carbocycles. The van der Waals surface area contributed by atoms with E-state index in [2.05, 4.69) is 21.3 Å². The Hall–Kier alpha value is -2.93. The van der Waals surface area contributed by atoms with E-state index in [0.29, 0.717) is 58.3 Å². The molecule has 2 unspecified atom stereocenters. The van der Waals surface area contributed by atoms with E-state index in [-0.39, 0.29) is 43.5 Å². The second-order valence-electron chi connectivity index (χ2n) is 12.6. The topological polar surface area (TPSA) is 181 Å². The molecule has 2 atom stereocenters. The summed E-state index contributed by atoms with van der Waals surface area (Å²) in [6.07, 6.45) is 6.12. The Morgan fingerprint density at radius 2 is 1.37 bits per heavy atom. The van der Waals surface area contributed by atoms with Crippen LogP contribution in [-0.4, -0.2) is 97.7 Å². The first-order valence-electron chi connectivity index (χ1n) is 17.2. The van der Waals surface area contributed by atoms with Crippen LogP contribution in [0, 0.1) is 0 Å². The van der Waals surface area contributed by atoms with Crippen molar-refractivity contribution < 1.29 is 33.4 Å². The lowest BCUT2D eigenvalue weighted by atomic mass is 9.99. The fourth-order valence-corrected chi connectivity index (χ4v) is 4.18. The second-order valence-corrected chi connectivity index (χ2v) is 12.6. The van der Waals surface area contributed by atoms with E-state index < -0.39 is 29.6 Å². The molecular weight excluding hydrogens is 592 g/mol. The molecule has 13 heteroatoms. The molecule has 268 valence electrons. The van der Waals surface area contributed by atoms with Gasteiger partial charge in [-0.25, -0.2) is 4.79 Å². The molecule has 0 bridgehead atoms. The van der Waals surface area contributed by atoms with Gasteiger partial charge in [0.05, 0.1) is 12.2 Å². The number of amides is 5. The van der Waals surface area contributed by atoms with E-state index in [1.807, 2.05) is 48.5 Å². The van der Waals surface area contributed by atoms with E-state index in [1.54, 1.807) is 0 Å². The smallest absolute Gasteiger partial charge is 0.408 e. The SMILES string of the molecule is CCCCNC(=O)CN(CC(=O)NCCCC)C(=O)CCNC(=O)C(CCCCN)NC(=O)OC(C)(CC)CCOC(C)(C)CC. The molecule has 0 spiro atoms. The summed E-state index contributed by atoms with van der Waals surface area (Å²) in [6.45, 7) is 15.1. The Morgan fingerprint density at radius 3 is 1.87 bits per heavy atom. The second kappa shape index (κ2) is 24.3. The number of hydrogen-bond donors (Lipinski definition) is 5. The molecule has 0 radical (unpaired) electrons. The zero-order valence-electron chi connectivity index (χ0n) is 29.7. The fourth-order valence-electron chi connectivity index (χ4n) is 4.18.